The zero-order valence-electron chi connectivity index (χ0n) is 34.1. The standard InChI is InChI=1S/C25H27N3S.C17H12N2S.C8H16ClN/c1-4-10-27(11-5-1)12-6-13-28-18-24(23-7-2-3-8-25(23)28)22-15-21(16-26-17-22)20-9-14-29-19-20;1-2-4-17-15(3-1)16(10-19-17)14-7-13(8-18-9-14)12-5-6-20-11-12;9-5-4-8-10-6-2-1-3-7-10/h2-3,7-9,14-19H,1,4-6,10-13H2;1-11,19H;1-8H2/p+3. The summed E-state index contributed by atoms with van der Waals surface area (Å²) in [6, 6.07) is 26.0. The van der Waals surface area contributed by atoms with Gasteiger partial charge in [-0.1, -0.05) is 36.4 Å². The van der Waals surface area contributed by atoms with Crippen LogP contribution in [0.15, 0.2) is 131 Å². The molecule has 0 saturated carbocycles. The summed E-state index contributed by atoms with van der Waals surface area (Å²) in [6.45, 7) is 9.18. The number of pyridine rings is 2. The molecule has 2 aliphatic rings. The lowest BCUT2D eigenvalue weighted by molar-refractivity contribution is -0.905. The molecule has 0 spiro atoms. The quantitative estimate of drug-likeness (QED) is 0.112. The topological polar surface area (TPSA) is 56.6 Å². The van der Waals surface area contributed by atoms with Crippen molar-refractivity contribution in [2.45, 2.75) is 57.9 Å². The van der Waals surface area contributed by atoms with Crippen LogP contribution in [0.25, 0.3) is 66.3 Å². The van der Waals surface area contributed by atoms with E-state index in [2.05, 4.69) is 133 Å². The van der Waals surface area contributed by atoms with Crippen molar-refractivity contribution in [3.05, 3.63) is 131 Å². The zero-order chi connectivity index (χ0) is 40.1. The Hall–Kier alpha value is -4.57. The second-order valence-electron chi connectivity index (χ2n) is 16.0. The molecule has 0 bridgehead atoms. The Morgan fingerprint density at radius 2 is 1.27 bits per heavy atom. The Morgan fingerprint density at radius 1 is 0.644 bits per heavy atom. The van der Waals surface area contributed by atoms with Gasteiger partial charge in [0.05, 0.1) is 39.3 Å². The van der Waals surface area contributed by atoms with E-state index < -0.39 is 0 Å². The highest BCUT2D eigenvalue weighted by atomic mass is 35.5. The van der Waals surface area contributed by atoms with E-state index in [1.165, 1.54) is 140 Å². The molecule has 2 fully saturated rings. The number of likely N-dealkylation sites (tertiary alicyclic amines) is 2. The van der Waals surface area contributed by atoms with Crippen LogP contribution in [-0.4, -0.2) is 59.7 Å². The Morgan fingerprint density at radius 3 is 1.98 bits per heavy atom. The van der Waals surface area contributed by atoms with E-state index in [4.69, 9.17) is 11.6 Å². The largest absolute Gasteiger partial charge is 0.361 e. The predicted octanol–water partition coefficient (Wildman–Crippen LogP) is 9.95. The summed E-state index contributed by atoms with van der Waals surface area (Å²) >= 11 is 9.06. The fraction of sp³-hybridized carbons (Fsp3) is 0.320. The minimum atomic E-state index is 0.837. The predicted molar refractivity (Wildman–Crippen MR) is 251 cm³/mol. The highest BCUT2D eigenvalue weighted by Gasteiger charge is 2.16. The molecular weight excluding hydrogens is 784 g/mol. The summed E-state index contributed by atoms with van der Waals surface area (Å²) in [5.41, 5.74) is 12.3. The number of hydrogen-bond acceptors (Lipinski definition) is 3. The van der Waals surface area contributed by atoms with Gasteiger partial charge in [0.15, 0.2) is 12.4 Å². The van der Waals surface area contributed by atoms with E-state index in [-0.39, 0.29) is 0 Å². The molecule has 9 heteroatoms. The molecule has 8 heterocycles. The van der Waals surface area contributed by atoms with Crippen LogP contribution in [0, 0.1) is 0 Å². The average molecular weight is 843 g/mol. The van der Waals surface area contributed by atoms with Crippen LogP contribution < -0.4 is 14.8 Å². The number of aromatic amines is 2. The van der Waals surface area contributed by atoms with Crippen LogP contribution in [-0.2, 0) is 6.54 Å². The highest BCUT2D eigenvalue weighted by Crippen LogP contribution is 2.33. The summed E-state index contributed by atoms with van der Waals surface area (Å²) in [5, 5.41) is 11.2. The molecule has 0 aliphatic carbocycles. The zero-order valence-corrected chi connectivity index (χ0v) is 36.5. The summed E-state index contributed by atoms with van der Waals surface area (Å²) in [7, 11) is 0. The van der Waals surface area contributed by atoms with Crippen LogP contribution >= 0.6 is 34.3 Å². The number of nitrogens with zero attached hydrogens (tertiary/aromatic N) is 2. The second-order valence-corrected chi connectivity index (χ2v) is 18.0. The molecule has 6 aromatic heterocycles. The Kier molecular flexibility index (Phi) is 14.7. The number of quaternary nitrogens is 2. The number of rotatable bonds is 11. The van der Waals surface area contributed by atoms with Crippen molar-refractivity contribution < 1.29 is 14.8 Å². The number of para-hydroxylation sites is 2. The number of aromatic nitrogens is 4. The minimum Gasteiger partial charge on any atom is -0.361 e. The molecule has 8 aromatic rings. The first-order chi connectivity index (χ1) is 29.2. The van der Waals surface area contributed by atoms with E-state index in [0.717, 1.165) is 29.1 Å². The van der Waals surface area contributed by atoms with Crippen molar-refractivity contribution in [1.82, 2.24) is 14.5 Å². The van der Waals surface area contributed by atoms with Gasteiger partial charge in [-0.15, -0.1) is 11.6 Å². The third kappa shape index (κ3) is 10.8. The highest BCUT2D eigenvalue weighted by molar-refractivity contribution is 7.08. The first kappa shape index (κ1) is 41.2. The molecule has 2 aromatic carbocycles. The van der Waals surface area contributed by atoms with Gasteiger partial charge in [0, 0.05) is 105 Å². The number of aryl methyl sites for hydroxylation is 1. The van der Waals surface area contributed by atoms with Crippen molar-refractivity contribution in [2.24, 2.45) is 0 Å². The fourth-order valence-corrected chi connectivity index (χ4v) is 10.3. The van der Waals surface area contributed by atoms with Gasteiger partial charge < -0.3 is 19.4 Å². The molecular formula is C50H58ClN6S2+3. The van der Waals surface area contributed by atoms with E-state index >= 15 is 0 Å². The van der Waals surface area contributed by atoms with Crippen LogP contribution in [0.1, 0.15) is 51.4 Å². The van der Waals surface area contributed by atoms with Crippen LogP contribution in [0.2, 0.25) is 0 Å². The van der Waals surface area contributed by atoms with Gasteiger partial charge >= 0.3 is 0 Å². The summed E-state index contributed by atoms with van der Waals surface area (Å²) in [6.07, 6.45) is 23.4. The normalized spacial score (nSPS) is 14.8. The monoisotopic (exact) mass is 841 g/mol. The smallest absolute Gasteiger partial charge is 0.174 e. The lowest BCUT2D eigenvalue weighted by Crippen LogP contribution is -3.12. The maximum Gasteiger partial charge on any atom is 0.174 e. The first-order valence-electron chi connectivity index (χ1n) is 21.6. The van der Waals surface area contributed by atoms with Crippen molar-refractivity contribution in [1.29, 1.82) is 0 Å². The summed E-state index contributed by atoms with van der Waals surface area (Å²) < 4.78 is 2.46. The average Bonchev–Trinajstić information content (AvgIpc) is 4.15. The maximum absolute atomic E-state index is 5.61. The number of halogens is 1. The van der Waals surface area contributed by atoms with Crippen LogP contribution in [0.4, 0.5) is 0 Å². The molecule has 10 rings (SSSR count). The van der Waals surface area contributed by atoms with Crippen molar-refractivity contribution in [3.63, 3.8) is 0 Å². The number of benzene rings is 2. The molecule has 0 atom stereocenters. The Bertz CT molecular complexity index is 2460. The van der Waals surface area contributed by atoms with E-state index in [1.54, 1.807) is 32.5 Å². The summed E-state index contributed by atoms with van der Waals surface area (Å²) in [5.74, 6) is 0.837. The molecule has 0 unspecified atom stereocenters. The Labute approximate surface area is 362 Å². The van der Waals surface area contributed by atoms with Gasteiger partial charge in [0.2, 0.25) is 0 Å². The lowest BCUT2D eigenvalue weighted by Gasteiger charge is -2.23. The molecule has 2 aliphatic heterocycles. The van der Waals surface area contributed by atoms with Crippen LogP contribution in [0.3, 0.4) is 0 Å². The molecule has 6 nitrogen and oxygen atoms in total. The van der Waals surface area contributed by atoms with Crippen LogP contribution in [0.5, 0.6) is 0 Å². The van der Waals surface area contributed by atoms with Crippen molar-refractivity contribution in [2.75, 3.05) is 45.1 Å². The molecule has 4 N–H and O–H groups in total. The van der Waals surface area contributed by atoms with Gasteiger partial charge in [-0.05, 0) is 108 Å². The number of piperidine rings is 2. The molecule has 0 amide bonds. The maximum atomic E-state index is 5.61. The fourth-order valence-electron chi connectivity index (χ4n) is 8.79. The SMILES string of the molecule is ClCCC[NH+]1CCCCC1.c1ccc2c(-c3cncc(-c4ccsc4)c3)c[nH]c2c1.c1ccc2c(c1)c(-c1c[nH+]cc(-c3ccsc3)c1)cn2CCC[NH+]1CCCCC1. The van der Waals surface area contributed by atoms with Gasteiger partial charge in [-0.3, -0.25) is 4.98 Å². The van der Waals surface area contributed by atoms with Gasteiger partial charge in [-0.25, -0.2) is 4.98 Å². The lowest BCUT2D eigenvalue weighted by atomic mass is 10.0. The molecule has 0 radical (unpaired) electrons. The van der Waals surface area contributed by atoms with E-state index in [9.17, 15) is 0 Å². The second kappa shape index (κ2) is 21.1. The third-order valence-electron chi connectivity index (χ3n) is 12.0. The van der Waals surface area contributed by atoms with E-state index in [1.807, 2.05) is 18.5 Å². The van der Waals surface area contributed by atoms with Gasteiger partial charge in [0.1, 0.15) is 0 Å². The third-order valence-corrected chi connectivity index (χ3v) is 13.6. The number of alkyl halides is 1. The number of hydrogen-bond donors (Lipinski definition) is 3. The van der Waals surface area contributed by atoms with Gasteiger partial charge in [0.25, 0.3) is 0 Å². The Balaban J connectivity index is 0.000000139. The molecule has 59 heavy (non-hydrogen) atoms. The number of thiophene rings is 2. The number of nitrogens with one attached hydrogen (secondary N) is 4. The van der Waals surface area contributed by atoms with Gasteiger partial charge in [-0.2, -0.15) is 22.7 Å². The number of H-pyrrole nitrogens is 2. The summed E-state index contributed by atoms with van der Waals surface area (Å²) in [4.78, 5) is 14.6. The van der Waals surface area contributed by atoms with E-state index in [0.29, 0.717) is 0 Å². The minimum absolute atomic E-state index is 0.837. The molecule has 304 valence electrons. The molecule has 2 saturated heterocycles. The van der Waals surface area contributed by atoms with Crippen molar-refractivity contribution in [3.8, 4) is 44.5 Å². The first-order valence-corrected chi connectivity index (χ1v) is 24.0. The van der Waals surface area contributed by atoms with Crippen molar-refractivity contribution >= 4 is 56.1 Å². The number of fused-ring (bicyclic) bond motifs is 2.